The molecule has 29 heavy (non-hydrogen) atoms. The first-order valence-corrected chi connectivity index (χ1v) is 9.12. The van der Waals surface area contributed by atoms with E-state index >= 15 is 0 Å². The molecule has 0 unspecified atom stereocenters. The van der Waals surface area contributed by atoms with Crippen LogP contribution in [0, 0.1) is 5.82 Å². The number of esters is 3. The molecule has 2 N–H and O–H groups in total. The Balaban J connectivity index is 2.05. The first-order valence-electron chi connectivity index (χ1n) is 8.30. The molecule has 2 rings (SSSR count). The van der Waals surface area contributed by atoms with Crippen molar-refractivity contribution >= 4 is 40.0 Å². The third-order valence-electron chi connectivity index (χ3n) is 3.89. The predicted molar refractivity (Wildman–Crippen MR) is 101 cm³/mol. The van der Waals surface area contributed by atoms with Crippen LogP contribution in [-0.2, 0) is 25.6 Å². The number of nitrogens with two attached hydrogens (primary N) is 1. The number of hydrogen-bond donors (Lipinski definition) is 1. The van der Waals surface area contributed by atoms with Crippen LogP contribution < -0.4 is 5.73 Å². The summed E-state index contributed by atoms with van der Waals surface area (Å²) in [4.78, 5) is 47.9. The fourth-order valence-corrected chi connectivity index (χ4v) is 3.41. The molecule has 0 aliphatic carbocycles. The first-order chi connectivity index (χ1) is 13.8. The number of carbonyl (C=O) groups excluding carboxylic acids is 4. The van der Waals surface area contributed by atoms with Crippen molar-refractivity contribution in [1.82, 2.24) is 0 Å². The third-order valence-corrected chi connectivity index (χ3v) is 4.94. The molecule has 10 heteroatoms. The van der Waals surface area contributed by atoms with Gasteiger partial charge in [0.1, 0.15) is 27.9 Å². The largest absolute Gasteiger partial charge is 0.465 e. The Kier molecular flexibility index (Phi) is 7.43. The summed E-state index contributed by atoms with van der Waals surface area (Å²) in [6.07, 6.45) is -0.388. The summed E-state index contributed by atoms with van der Waals surface area (Å²) < 4.78 is 27.3. The van der Waals surface area contributed by atoms with E-state index < -0.39 is 30.3 Å². The van der Waals surface area contributed by atoms with Crippen LogP contribution in [0.5, 0.6) is 0 Å². The zero-order valence-corrected chi connectivity index (χ0v) is 16.5. The second-order valence-corrected chi connectivity index (χ2v) is 6.78. The van der Waals surface area contributed by atoms with Gasteiger partial charge in [-0.3, -0.25) is 9.59 Å². The molecule has 1 heterocycles. The number of halogens is 1. The number of benzene rings is 1. The summed E-state index contributed by atoms with van der Waals surface area (Å²) in [7, 11) is 2.31. The third kappa shape index (κ3) is 5.38. The van der Waals surface area contributed by atoms with Gasteiger partial charge in [0.25, 0.3) is 0 Å². The number of hydrogen-bond acceptors (Lipinski definition) is 9. The van der Waals surface area contributed by atoms with Gasteiger partial charge in [0, 0.05) is 17.5 Å². The number of rotatable bonds is 8. The van der Waals surface area contributed by atoms with Gasteiger partial charge >= 0.3 is 17.9 Å². The lowest BCUT2D eigenvalue weighted by Crippen LogP contribution is -2.13. The lowest BCUT2D eigenvalue weighted by atomic mass is 10.1. The summed E-state index contributed by atoms with van der Waals surface area (Å²) in [6, 6.07) is 4.94. The summed E-state index contributed by atoms with van der Waals surface area (Å²) in [6.45, 7) is -0.424. The number of methoxy groups -OCH3 is 2. The van der Waals surface area contributed by atoms with Crippen molar-refractivity contribution in [3.63, 3.8) is 0 Å². The Morgan fingerprint density at radius 2 is 1.62 bits per heavy atom. The van der Waals surface area contributed by atoms with E-state index in [-0.39, 0.29) is 45.2 Å². The molecule has 0 fully saturated rings. The molecular formula is C19H18FNO7S. The fraction of sp³-hybridized carbons (Fsp3) is 0.263. The number of ketones is 1. The molecule has 2 aromatic rings. The molecule has 0 saturated heterocycles. The lowest BCUT2D eigenvalue weighted by molar-refractivity contribution is -0.144. The molecule has 0 aliphatic heterocycles. The highest BCUT2D eigenvalue weighted by Crippen LogP contribution is 2.33. The normalized spacial score (nSPS) is 10.3. The van der Waals surface area contributed by atoms with E-state index in [1.165, 1.54) is 12.1 Å². The van der Waals surface area contributed by atoms with E-state index in [2.05, 4.69) is 9.47 Å². The van der Waals surface area contributed by atoms with Crippen LogP contribution in [0.2, 0.25) is 0 Å². The summed E-state index contributed by atoms with van der Waals surface area (Å²) in [5.41, 5.74) is 6.06. The summed E-state index contributed by atoms with van der Waals surface area (Å²) >= 11 is 0.812. The average molecular weight is 423 g/mol. The van der Waals surface area contributed by atoms with Gasteiger partial charge in [0.15, 0.2) is 5.78 Å². The molecule has 0 amide bonds. The number of ether oxygens (including phenoxy) is 3. The lowest BCUT2D eigenvalue weighted by Gasteiger charge is -2.08. The van der Waals surface area contributed by atoms with Gasteiger partial charge in [0.2, 0.25) is 0 Å². The van der Waals surface area contributed by atoms with Gasteiger partial charge < -0.3 is 19.9 Å². The molecule has 1 aromatic heterocycles. The molecule has 154 valence electrons. The van der Waals surface area contributed by atoms with Crippen LogP contribution in [0.25, 0.3) is 0 Å². The topological polar surface area (TPSA) is 122 Å². The Labute approximate surface area is 169 Å². The van der Waals surface area contributed by atoms with Gasteiger partial charge in [0.05, 0.1) is 20.6 Å². The van der Waals surface area contributed by atoms with Crippen molar-refractivity contribution in [1.29, 1.82) is 0 Å². The Bertz CT molecular complexity index is 937. The van der Waals surface area contributed by atoms with Crippen LogP contribution in [-0.4, -0.2) is 37.9 Å². The van der Waals surface area contributed by atoms with E-state index in [0.29, 0.717) is 0 Å². The van der Waals surface area contributed by atoms with Gasteiger partial charge in [-0.15, -0.1) is 11.3 Å². The van der Waals surface area contributed by atoms with Gasteiger partial charge in [-0.05, 0) is 24.3 Å². The number of carbonyl (C=O) groups is 4. The van der Waals surface area contributed by atoms with Gasteiger partial charge in [-0.25, -0.2) is 14.0 Å². The van der Waals surface area contributed by atoms with Crippen LogP contribution in [0.1, 0.15) is 48.8 Å². The van der Waals surface area contributed by atoms with E-state index in [1.807, 2.05) is 0 Å². The zero-order chi connectivity index (χ0) is 21.6. The van der Waals surface area contributed by atoms with Crippen LogP contribution in [0.15, 0.2) is 24.3 Å². The van der Waals surface area contributed by atoms with Crippen molar-refractivity contribution in [3.05, 3.63) is 51.7 Å². The smallest absolute Gasteiger partial charge is 0.348 e. The van der Waals surface area contributed by atoms with Crippen LogP contribution in [0.3, 0.4) is 0 Å². The maximum absolute atomic E-state index is 12.9. The Morgan fingerprint density at radius 3 is 2.21 bits per heavy atom. The van der Waals surface area contributed by atoms with Crippen molar-refractivity contribution < 1.29 is 37.8 Å². The highest BCUT2D eigenvalue weighted by molar-refractivity contribution is 7.18. The molecule has 0 radical (unpaired) electrons. The quantitative estimate of drug-likeness (QED) is 0.391. The molecule has 0 aliphatic rings. The van der Waals surface area contributed by atoms with Crippen LogP contribution in [0.4, 0.5) is 9.39 Å². The van der Waals surface area contributed by atoms with E-state index in [0.717, 1.165) is 37.7 Å². The van der Waals surface area contributed by atoms with Crippen molar-refractivity contribution in [2.75, 3.05) is 20.0 Å². The number of Topliss-reactive ketones (excluding diaryl/α,β-unsaturated/α-hetero) is 1. The minimum atomic E-state index is -0.786. The van der Waals surface area contributed by atoms with E-state index in [4.69, 9.17) is 10.5 Å². The van der Waals surface area contributed by atoms with Crippen LogP contribution >= 0.6 is 11.3 Å². The average Bonchev–Trinajstić information content (AvgIpc) is 3.05. The predicted octanol–water partition coefficient (Wildman–Crippen LogP) is 2.75. The van der Waals surface area contributed by atoms with Gasteiger partial charge in [-0.2, -0.15) is 0 Å². The molecule has 0 spiro atoms. The molecule has 0 saturated carbocycles. The molecule has 0 atom stereocenters. The second kappa shape index (κ2) is 9.78. The zero-order valence-electron chi connectivity index (χ0n) is 15.7. The summed E-state index contributed by atoms with van der Waals surface area (Å²) in [5.74, 6) is -3.08. The number of nitrogen functional groups attached to an aromatic ring is 1. The Hall–Kier alpha value is -3.27. The van der Waals surface area contributed by atoms with E-state index in [1.54, 1.807) is 0 Å². The fourth-order valence-electron chi connectivity index (χ4n) is 2.43. The molecular weight excluding hydrogens is 405 g/mol. The Morgan fingerprint density at radius 1 is 1.00 bits per heavy atom. The highest BCUT2D eigenvalue weighted by atomic mass is 32.1. The van der Waals surface area contributed by atoms with Crippen molar-refractivity contribution in [2.24, 2.45) is 0 Å². The molecule has 1 aromatic carbocycles. The van der Waals surface area contributed by atoms with Crippen molar-refractivity contribution in [2.45, 2.75) is 19.4 Å². The highest BCUT2D eigenvalue weighted by Gasteiger charge is 2.28. The van der Waals surface area contributed by atoms with Crippen molar-refractivity contribution in [3.8, 4) is 0 Å². The number of thiophene rings is 1. The second-order valence-electron chi connectivity index (χ2n) is 5.72. The minimum Gasteiger partial charge on any atom is -0.465 e. The maximum atomic E-state index is 12.9. The number of anilines is 1. The maximum Gasteiger partial charge on any atom is 0.348 e. The SMILES string of the molecule is COC(=O)c1sc(N)c(C(=O)OC)c1COC(=O)CCC(=O)c1ccc(F)cc1. The van der Waals surface area contributed by atoms with Gasteiger partial charge in [-0.1, -0.05) is 0 Å². The standard InChI is InChI=1S/C19H18FNO7S/c1-26-18(24)15-12(16(19(25)27-2)29-17(15)21)9-28-14(23)8-7-13(22)10-3-5-11(20)6-4-10/h3-6H,7-9,21H2,1-2H3. The molecule has 8 nitrogen and oxygen atoms in total. The first kappa shape index (κ1) is 22.0. The monoisotopic (exact) mass is 423 g/mol. The molecule has 0 bridgehead atoms. The minimum absolute atomic E-state index is 0.0144. The summed E-state index contributed by atoms with van der Waals surface area (Å²) in [5, 5.41) is 0.0230. The van der Waals surface area contributed by atoms with E-state index in [9.17, 15) is 23.6 Å².